The summed E-state index contributed by atoms with van der Waals surface area (Å²) in [5.41, 5.74) is 11.3. The molecular formula is C7H18N2. The van der Waals surface area contributed by atoms with Crippen LogP contribution in [0.25, 0.3) is 0 Å². The van der Waals surface area contributed by atoms with Gasteiger partial charge in [-0.2, -0.15) is 0 Å². The van der Waals surface area contributed by atoms with E-state index in [1.54, 1.807) is 0 Å². The fourth-order valence-corrected chi connectivity index (χ4v) is 0.721. The van der Waals surface area contributed by atoms with E-state index in [1.807, 2.05) is 0 Å². The minimum atomic E-state index is -0.174. The summed E-state index contributed by atoms with van der Waals surface area (Å²) in [4.78, 5) is 0. The lowest BCUT2D eigenvalue weighted by Gasteiger charge is -2.30. The first-order valence-corrected chi connectivity index (χ1v) is 3.58. The molecule has 0 heterocycles. The highest BCUT2D eigenvalue weighted by atomic mass is 14.9. The normalized spacial score (nSPS) is 12.7. The van der Waals surface area contributed by atoms with Crippen LogP contribution in [0.4, 0.5) is 0 Å². The van der Waals surface area contributed by atoms with E-state index in [-0.39, 0.29) is 11.6 Å². The third-order valence-electron chi connectivity index (χ3n) is 2.42. The van der Waals surface area contributed by atoms with Gasteiger partial charge in [0.15, 0.2) is 0 Å². The molecule has 0 radical (unpaired) electrons. The van der Waals surface area contributed by atoms with Gasteiger partial charge in [0.05, 0.1) is 6.17 Å². The van der Waals surface area contributed by atoms with E-state index in [2.05, 4.69) is 20.8 Å². The third-order valence-corrected chi connectivity index (χ3v) is 2.42. The van der Waals surface area contributed by atoms with E-state index in [4.69, 9.17) is 11.5 Å². The Morgan fingerprint density at radius 3 is 1.56 bits per heavy atom. The lowest BCUT2D eigenvalue weighted by Crippen LogP contribution is -2.45. The Hall–Kier alpha value is -0.0800. The summed E-state index contributed by atoms with van der Waals surface area (Å²) < 4.78 is 0. The molecule has 0 aliphatic carbocycles. The van der Waals surface area contributed by atoms with Crippen molar-refractivity contribution in [2.75, 3.05) is 0 Å². The van der Waals surface area contributed by atoms with Crippen LogP contribution in [0, 0.1) is 5.41 Å². The van der Waals surface area contributed by atoms with Crippen molar-refractivity contribution < 1.29 is 0 Å². The van der Waals surface area contributed by atoms with Crippen molar-refractivity contribution in [2.24, 2.45) is 16.9 Å². The van der Waals surface area contributed by atoms with Crippen LogP contribution >= 0.6 is 0 Å². The zero-order valence-corrected chi connectivity index (χ0v) is 6.65. The van der Waals surface area contributed by atoms with E-state index in [9.17, 15) is 0 Å². The van der Waals surface area contributed by atoms with Gasteiger partial charge in [-0.05, 0) is 18.3 Å². The molecule has 0 fully saturated rings. The Morgan fingerprint density at radius 1 is 1.22 bits per heavy atom. The molecule has 0 unspecified atom stereocenters. The maximum Gasteiger partial charge on any atom is 0.0576 e. The van der Waals surface area contributed by atoms with Crippen LogP contribution in [0.2, 0.25) is 0 Å². The second-order valence-corrected chi connectivity index (χ2v) is 2.89. The lowest BCUT2D eigenvalue weighted by molar-refractivity contribution is 0.236. The first-order valence-electron chi connectivity index (χ1n) is 3.58. The second-order valence-electron chi connectivity index (χ2n) is 2.89. The molecule has 0 rings (SSSR count). The smallest absolute Gasteiger partial charge is 0.0576 e. The molecule has 0 aliphatic heterocycles. The third kappa shape index (κ3) is 1.95. The van der Waals surface area contributed by atoms with Crippen LogP contribution in [0.15, 0.2) is 0 Å². The largest absolute Gasteiger partial charge is 0.316 e. The van der Waals surface area contributed by atoms with Gasteiger partial charge in [-0.1, -0.05) is 20.8 Å². The fourth-order valence-electron chi connectivity index (χ4n) is 0.721. The molecule has 2 nitrogen and oxygen atoms in total. The second kappa shape index (κ2) is 3.18. The monoisotopic (exact) mass is 130 g/mol. The van der Waals surface area contributed by atoms with Gasteiger partial charge < -0.3 is 11.5 Å². The topological polar surface area (TPSA) is 52.0 Å². The zero-order chi connectivity index (χ0) is 7.49. The SMILES string of the molecule is CCC(C)(CC)C(N)N. The molecule has 56 valence electrons. The van der Waals surface area contributed by atoms with Crippen molar-refractivity contribution in [3.8, 4) is 0 Å². The van der Waals surface area contributed by atoms with E-state index in [0.717, 1.165) is 12.8 Å². The molecule has 9 heavy (non-hydrogen) atoms. The van der Waals surface area contributed by atoms with Crippen LogP contribution in [0.1, 0.15) is 33.6 Å². The van der Waals surface area contributed by atoms with E-state index < -0.39 is 0 Å². The molecule has 0 atom stereocenters. The summed E-state index contributed by atoms with van der Waals surface area (Å²) >= 11 is 0. The van der Waals surface area contributed by atoms with Gasteiger partial charge in [0, 0.05) is 0 Å². The van der Waals surface area contributed by atoms with Crippen LogP contribution < -0.4 is 11.5 Å². The van der Waals surface area contributed by atoms with Gasteiger partial charge in [0.2, 0.25) is 0 Å². The quantitative estimate of drug-likeness (QED) is 0.561. The predicted octanol–water partition coefficient (Wildman–Crippen LogP) is 1.06. The molecule has 0 saturated carbocycles. The Labute approximate surface area is 57.6 Å². The number of hydrogen-bond acceptors (Lipinski definition) is 2. The Balaban J connectivity index is 3.92. The van der Waals surface area contributed by atoms with Gasteiger partial charge in [-0.15, -0.1) is 0 Å². The first kappa shape index (κ1) is 8.92. The van der Waals surface area contributed by atoms with Crippen molar-refractivity contribution in [1.82, 2.24) is 0 Å². The Morgan fingerprint density at radius 2 is 1.56 bits per heavy atom. The molecule has 0 aromatic heterocycles. The Bertz CT molecular complexity index is 75.0. The molecule has 0 aliphatic rings. The highest BCUT2D eigenvalue weighted by Crippen LogP contribution is 2.25. The van der Waals surface area contributed by atoms with Crippen LogP contribution in [0.5, 0.6) is 0 Å². The maximum absolute atomic E-state index is 5.57. The summed E-state index contributed by atoms with van der Waals surface area (Å²) in [7, 11) is 0. The van der Waals surface area contributed by atoms with Crippen molar-refractivity contribution >= 4 is 0 Å². The molecule has 0 spiro atoms. The van der Waals surface area contributed by atoms with Crippen molar-refractivity contribution in [3.05, 3.63) is 0 Å². The Kier molecular flexibility index (Phi) is 3.15. The minimum absolute atomic E-state index is 0.139. The molecular weight excluding hydrogens is 112 g/mol. The van der Waals surface area contributed by atoms with E-state index in [0.29, 0.717) is 0 Å². The number of rotatable bonds is 3. The van der Waals surface area contributed by atoms with Crippen LogP contribution in [-0.4, -0.2) is 6.17 Å². The summed E-state index contributed by atoms with van der Waals surface area (Å²) in [6.07, 6.45) is 1.94. The van der Waals surface area contributed by atoms with E-state index in [1.165, 1.54) is 0 Å². The summed E-state index contributed by atoms with van der Waals surface area (Å²) in [5.74, 6) is 0. The average Bonchev–Trinajstić information content (AvgIpc) is 1.86. The molecule has 0 saturated heterocycles. The molecule has 0 aromatic carbocycles. The van der Waals surface area contributed by atoms with Crippen molar-refractivity contribution in [3.63, 3.8) is 0 Å². The van der Waals surface area contributed by atoms with Gasteiger partial charge in [0.25, 0.3) is 0 Å². The van der Waals surface area contributed by atoms with Crippen molar-refractivity contribution in [1.29, 1.82) is 0 Å². The molecule has 0 aromatic rings. The van der Waals surface area contributed by atoms with Crippen LogP contribution in [0.3, 0.4) is 0 Å². The predicted molar refractivity (Wildman–Crippen MR) is 40.9 cm³/mol. The van der Waals surface area contributed by atoms with Crippen LogP contribution in [-0.2, 0) is 0 Å². The standard InChI is InChI=1S/C7H18N2/c1-4-7(3,5-2)6(8)9/h6H,4-5,8-9H2,1-3H3. The van der Waals surface area contributed by atoms with E-state index >= 15 is 0 Å². The average molecular weight is 130 g/mol. The maximum atomic E-state index is 5.57. The van der Waals surface area contributed by atoms with Gasteiger partial charge in [-0.3, -0.25) is 0 Å². The van der Waals surface area contributed by atoms with Gasteiger partial charge in [0.1, 0.15) is 0 Å². The molecule has 4 N–H and O–H groups in total. The molecule has 2 heteroatoms. The van der Waals surface area contributed by atoms with Gasteiger partial charge in [-0.25, -0.2) is 0 Å². The number of hydrogen-bond donors (Lipinski definition) is 2. The summed E-state index contributed by atoms with van der Waals surface area (Å²) in [6.45, 7) is 6.37. The zero-order valence-electron chi connectivity index (χ0n) is 6.65. The summed E-state index contributed by atoms with van der Waals surface area (Å²) in [5, 5.41) is 0. The lowest BCUT2D eigenvalue weighted by atomic mass is 9.82. The summed E-state index contributed by atoms with van der Waals surface area (Å²) in [6, 6.07) is 0. The molecule has 0 amide bonds. The first-order chi connectivity index (χ1) is 4.06. The fraction of sp³-hybridized carbons (Fsp3) is 1.00. The molecule has 0 bridgehead atoms. The highest BCUT2D eigenvalue weighted by molar-refractivity contribution is 4.78. The number of nitrogens with two attached hydrogens (primary N) is 2. The van der Waals surface area contributed by atoms with Gasteiger partial charge >= 0.3 is 0 Å². The van der Waals surface area contributed by atoms with Crippen molar-refractivity contribution in [2.45, 2.75) is 39.8 Å². The highest BCUT2D eigenvalue weighted by Gasteiger charge is 2.24. The minimum Gasteiger partial charge on any atom is -0.316 e.